The highest BCUT2D eigenvalue weighted by Gasteiger charge is 2.21. The van der Waals surface area contributed by atoms with Crippen LogP contribution in [0.4, 0.5) is 8.78 Å². The monoisotopic (exact) mass is 320 g/mol. The minimum atomic E-state index is -2.20. The molecule has 0 atom stereocenters. The van der Waals surface area contributed by atoms with Crippen LogP contribution in [0.25, 0.3) is 0 Å². The topological polar surface area (TPSA) is 0 Å². The summed E-state index contributed by atoms with van der Waals surface area (Å²) in [7, 11) is 0. The van der Waals surface area contributed by atoms with Crippen molar-refractivity contribution in [3.63, 3.8) is 0 Å². The zero-order chi connectivity index (χ0) is 16.5. The second kappa shape index (κ2) is 9.85. The fourth-order valence-corrected chi connectivity index (χ4v) is 3.65. The van der Waals surface area contributed by atoms with Gasteiger partial charge in [0.15, 0.2) is 0 Å². The van der Waals surface area contributed by atoms with E-state index in [4.69, 9.17) is 0 Å². The Morgan fingerprint density at radius 2 is 1.74 bits per heavy atom. The van der Waals surface area contributed by atoms with Crippen molar-refractivity contribution in [2.24, 2.45) is 5.92 Å². The number of hydrogen-bond donors (Lipinski definition) is 0. The van der Waals surface area contributed by atoms with E-state index in [2.05, 4.69) is 31.2 Å². The molecule has 0 amide bonds. The summed E-state index contributed by atoms with van der Waals surface area (Å²) in [6.07, 6.45) is 10.9. The van der Waals surface area contributed by atoms with E-state index in [0.717, 1.165) is 31.1 Å². The maximum Gasteiger partial charge on any atom is 0.242 e. The van der Waals surface area contributed by atoms with Crippen molar-refractivity contribution in [2.75, 3.05) is 0 Å². The highest BCUT2D eigenvalue weighted by molar-refractivity contribution is 5.25. The maximum absolute atomic E-state index is 12.0. The van der Waals surface area contributed by atoms with Gasteiger partial charge in [-0.05, 0) is 67.9 Å². The SMILES string of the molecule is CCc1ccc([C@H]2CC[C@H](CCC/C=C/CC(F)F)CC2)cc1. The van der Waals surface area contributed by atoms with Gasteiger partial charge in [0, 0.05) is 6.42 Å². The summed E-state index contributed by atoms with van der Waals surface area (Å²) in [5.41, 5.74) is 2.93. The molecule has 1 aliphatic rings. The van der Waals surface area contributed by atoms with Crippen LogP contribution in [0.1, 0.15) is 75.3 Å². The maximum atomic E-state index is 12.0. The van der Waals surface area contributed by atoms with Crippen LogP contribution >= 0.6 is 0 Å². The normalized spacial score (nSPS) is 22.1. The number of allylic oxidation sites excluding steroid dienone is 2. The van der Waals surface area contributed by atoms with Crippen molar-refractivity contribution < 1.29 is 8.78 Å². The summed E-state index contributed by atoms with van der Waals surface area (Å²) in [4.78, 5) is 0. The number of hydrogen-bond acceptors (Lipinski definition) is 0. The Morgan fingerprint density at radius 3 is 2.35 bits per heavy atom. The first-order chi connectivity index (χ1) is 11.2. The Balaban J connectivity index is 1.64. The third-order valence-electron chi connectivity index (χ3n) is 5.17. The molecule has 0 saturated heterocycles. The molecule has 1 fully saturated rings. The van der Waals surface area contributed by atoms with Crippen molar-refractivity contribution in [2.45, 2.75) is 77.1 Å². The molecule has 0 heterocycles. The van der Waals surface area contributed by atoms with Gasteiger partial charge in [-0.2, -0.15) is 0 Å². The molecule has 1 aromatic rings. The van der Waals surface area contributed by atoms with Gasteiger partial charge in [-0.1, -0.05) is 49.8 Å². The van der Waals surface area contributed by atoms with Crippen LogP contribution in [0.2, 0.25) is 0 Å². The molecule has 0 spiro atoms. The Morgan fingerprint density at radius 1 is 1.04 bits per heavy atom. The van der Waals surface area contributed by atoms with Crippen molar-refractivity contribution in [1.29, 1.82) is 0 Å². The van der Waals surface area contributed by atoms with Gasteiger partial charge < -0.3 is 0 Å². The third kappa shape index (κ3) is 6.45. The smallest absolute Gasteiger partial charge is 0.210 e. The zero-order valence-electron chi connectivity index (χ0n) is 14.3. The third-order valence-corrected chi connectivity index (χ3v) is 5.17. The van der Waals surface area contributed by atoms with Gasteiger partial charge in [-0.25, -0.2) is 8.78 Å². The van der Waals surface area contributed by atoms with Gasteiger partial charge in [0.05, 0.1) is 0 Å². The molecule has 0 aliphatic heterocycles. The first kappa shape index (κ1) is 18.2. The predicted octanol–water partition coefficient (Wildman–Crippen LogP) is 6.90. The number of unbranched alkanes of at least 4 members (excludes halogenated alkanes) is 1. The lowest BCUT2D eigenvalue weighted by atomic mass is 9.77. The lowest BCUT2D eigenvalue weighted by Gasteiger charge is -2.29. The van der Waals surface area contributed by atoms with E-state index in [1.165, 1.54) is 43.2 Å². The second-order valence-electron chi connectivity index (χ2n) is 6.84. The summed E-state index contributed by atoms with van der Waals surface area (Å²) >= 11 is 0. The fraction of sp³-hybridized carbons (Fsp3) is 0.619. The predicted molar refractivity (Wildman–Crippen MR) is 94.1 cm³/mol. The molecule has 1 aromatic carbocycles. The van der Waals surface area contributed by atoms with E-state index >= 15 is 0 Å². The molecule has 2 heteroatoms. The summed E-state index contributed by atoms with van der Waals surface area (Å²) in [6, 6.07) is 9.18. The number of halogens is 2. The molecule has 1 saturated carbocycles. The van der Waals surface area contributed by atoms with Crippen molar-refractivity contribution in [3.05, 3.63) is 47.5 Å². The minimum Gasteiger partial charge on any atom is -0.210 e. The molecule has 0 aromatic heterocycles. The van der Waals surface area contributed by atoms with Crippen LogP contribution in [0, 0.1) is 5.92 Å². The average Bonchev–Trinajstić information content (AvgIpc) is 2.58. The van der Waals surface area contributed by atoms with E-state index in [0.29, 0.717) is 0 Å². The van der Waals surface area contributed by atoms with Crippen molar-refractivity contribution >= 4 is 0 Å². The van der Waals surface area contributed by atoms with E-state index < -0.39 is 6.43 Å². The Labute approximate surface area is 140 Å². The van der Waals surface area contributed by atoms with E-state index in [1.807, 2.05) is 6.08 Å². The van der Waals surface area contributed by atoms with Gasteiger partial charge in [0.1, 0.15) is 0 Å². The molecule has 0 radical (unpaired) electrons. The van der Waals surface area contributed by atoms with E-state index in [-0.39, 0.29) is 6.42 Å². The summed E-state index contributed by atoms with van der Waals surface area (Å²) < 4.78 is 24.0. The first-order valence-electron chi connectivity index (χ1n) is 9.21. The van der Waals surface area contributed by atoms with Crippen molar-refractivity contribution in [1.82, 2.24) is 0 Å². The van der Waals surface area contributed by atoms with Crippen LogP contribution in [-0.2, 0) is 6.42 Å². The Bertz CT molecular complexity index is 453. The van der Waals surface area contributed by atoms with Crippen LogP contribution in [0.3, 0.4) is 0 Å². The van der Waals surface area contributed by atoms with Gasteiger partial charge >= 0.3 is 0 Å². The highest BCUT2D eigenvalue weighted by Crippen LogP contribution is 2.37. The minimum absolute atomic E-state index is 0.0953. The van der Waals surface area contributed by atoms with Crippen LogP contribution < -0.4 is 0 Å². The van der Waals surface area contributed by atoms with Crippen LogP contribution in [0.5, 0.6) is 0 Å². The molecule has 0 bridgehead atoms. The Kier molecular flexibility index (Phi) is 7.78. The van der Waals surface area contributed by atoms with Gasteiger partial charge in [0.2, 0.25) is 6.43 Å². The number of benzene rings is 1. The highest BCUT2D eigenvalue weighted by atomic mass is 19.3. The fourth-order valence-electron chi connectivity index (χ4n) is 3.65. The van der Waals surface area contributed by atoms with Gasteiger partial charge in [0.25, 0.3) is 0 Å². The van der Waals surface area contributed by atoms with E-state index in [9.17, 15) is 8.78 Å². The van der Waals surface area contributed by atoms with Gasteiger partial charge in [-0.3, -0.25) is 0 Å². The van der Waals surface area contributed by atoms with Crippen LogP contribution in [0.15, 0.2) is 36.4 Å². The number of aryl methyl sites for hydroxylation is 1. The summed E-state index contributed by atoms with van der Waals surface area (Å²) in [5.74, 6) is 1.58. The van der Waals surface area contributed by atoms with Crippen molar-refractivity contribution in [3.8, 4) is 0 Å². The zero-order valence-corrected chi connectivity index (χ0v) is 14.3. The summed E-state index contributed by atoms with van der Waals surface area (Å²) in [5, 5.41) is 0. The molecular weight excluding hydrogens is 290 g/mol. The lowest BCUT2D eigenvalue weighted by molar-refractivity contribution is 0.152. The molecule has 0 unspecified atom stereocenters. The standard InChI is InChI=1S/C21H30F2/c1-2-17-9-13-19(14-10-17)20-15-11-18(12-16-20)7-5-3-4-6-8-21(22)23/h4,6,9-10,13-14,18,20-21H,2-3,5,7-8,11-12,15-16H2,1H3/b6-4+/t18-,20-. The Hall–Kier alpha value is -1.18. The average molecular weight is 320 g/mol. The largest absolute Gasteiger partial charge is 0.242 e. The van der Waals surface area contributed by atoms with Crippen LogP contribution in [-0.4, -0.2) is 6.43 Å². The second-order valence-corrected chi connectivity index (χ2v) is 6.84. The first-order valence-corrected chi connectivity index (χ1v) is 9.21. The molecule has 1 aliphatic carbocycles. The van der Waals surface area contributed by atoms with E-state index in [1.54, 1.807) is 6.08 Å². The number of rotatable bonds is 8. The molecule has 128 valence electrons. The molecule has 2 rings (SSSR count). The lowest BCUT2D eigenvalue weighted by Crippen LogP contribution is -2.13. The quantitative estimate of drug-likeness (QED) is 0.361. The van der Waals surface area contributed by atoms with Gasteiger partial charge in [-0.15, -0.1) is 0 Å². The molecule has 0 nitrogen and oxygen atoms in total. The number of alkyl halides is 2. The summed E-state index contributed by atoms with van der Waals surface area (Å²) in [6.45, 7) is 2.20. The molecule has 23 heavy (non-hydrogen) atoms. The molecule has 0 N–H and O–H groups in total. The molecular formula is C21H30F2.